The smallest absolute Gasteiger partial charge is 0.220 e. The Bertz CT molecular complexity index is 385. The number of carbonyl (C=O) groups excluding carboxylic acids is 1. The van der Waals surface area contributed by atoms with Crippen molar-refractivity contribution in [3.63, 3.8) is 0 Å². The van der Waals surface area contributed by atoms with Gasteiger partial charge < -0.3 is 15.2 Å². The van der Waals surface area contributed by atoms with Crippen molar-refractivity contribution >= 4 is 29.0 Å². The highest BCUT2D eigenvalue weighted by Crippen LogP contribution is 2.15. The van der Waals surface area contributed by atoms with E-state index < -0.39 is 6.10 Å². The van der Waals surface area contributed by atoms with E-state index >= 15 is 0 Å². The molecule has 1 aromatic heterocycles. The van der Waals surface area contributed by atoms with E-state index in [0.29, 0.717) is 6.42 Å². The fourth-order valence-electron chi connectivity index (χ4n) is 1.39. The van der Waals surface area contributed by atoms with Gasteiger partial charge in [-0.15, -0.1) is 11.3 Å². The number of thioether (sulfide) groups is 1. The minimum Gasteiger partial charge on any atom is -0.389 e. The molecule has 0 aliphatic carbocycles. The Morgan fingerprint density at radius 1 is 1.68 bits per heavy atom. The number of aromatic nitrogens is 1. The third-order valence-electron chi connectivity index (χ3n) is 2.28. The lowest BCUT2D eigenvalue weighted by Crippen LogP contribution is -2.34. The summed E-state index contributed by atoms with van der Waals surface area (Å²) in [5.74, 6) is 1.55. The van der Waals surface area contributed by atoms with Gasteiger partial charge in [0.2, 0.25) is 5.91 Å². The first-order chi connectivity index (χ1) is 9.11. The van der Waals surface area contributed by atoms with E-state index in [-0.39, 0.29) is 19.1 Å². The van der Waals surface area contributed by atoms with Crippen molar-refractivity contribution in [2.75, 3.05) is 26.0 Å². The lowest BCUT2D eigenvalue weighted by atomic mass is 10.3. The molecule has 1 heterocycles. The van der Waals surface area contributed by atoms with Gasteiger partial charge in [0, 0.05) is 37.0 Å². The molecule has 0 radical (unpaired) electrons. The Labute approximate surface area is 121 Å². The van der Waals surface area contributed by atoms with Gasteiger partial charge in [-0.25, -0.2) is 4.98 Å². The number of carbonyl (C=O) groups is 1. The van der Waals surface area contributed by atoms with Crippen LogP contribution in [0.1, 0.15) is 17.1 Å². The molecule has 1 amide bonds. The second kappa shape index (κ2) is 9.30. The molecule has 0 bridgehead atoms. The molecular formula is C12H20N2O3S2. The largest absolute Gasteiger partial charge is 0.389 e. The van der Waals surface area contributed by atoms with Crippen molar-refractivity contribution in [2.45, 2.75) is 25.2 Å². The molecule has 108 valence electrons. The molecule has 19 heavy (non-hydrogen) atoms. The van der Waals surface area contributed by atoms with Crippen LogP contribution in [0.3, 0.4) is 0 Å². The fraction of sp³-hybridized carbons (Fsp3) is 0.667. The van der Waals surface area contributed by atoms with Crippen molar-refractivity contribution < 1.29 is 14.6 Å². The number of rotatable bonds is 9. The van der Waals surface area contributed by atoms with Crippen LogP contribution < -0.4 is 5.32 Å². The molecule has 0 aliphatic heterocycles. The van der Waals surface area contributed by atoms with Crippen molar-refractivity contribution in [3.05, 3.63) is 16.1 Å². The standard InChI is InChI=1S/C12H20N2O3S2/c1-9-14-10(8-19-9)7-18-4-3-12(16)13-5-11(15)6-17-2/h8,11,15H,3-7H2,1-2H3,(H,13,16). The first-order valence-electron chi connectivity index (χ1n) is 6.04. The van der Waals surface area contributed by atoms with Gasteiger partial charge in [-0.2, -0.15) is 11.8 Å². The van der Waals surface area contributed by atoms with Crippen molar-refractivity contribution in [1.29, 1.82) is 0 Å². The van der Waals surface area contributed by atoms with Gasteiger partial charge in [0.15, 0.2) is 0 Å². The number of hydrogen-bond donors (Lipinski definition) is 2. The van der Waals surface area contributed by atoms with Gasteiger partial charge >= 0.3 is 0 Å². The summed E-state index contributed by atoms with van der Waals surface area (Å²) < 4.78 is 4.77. The Balaban J connectivity index is 2.04. The Hall–Kier alpha value is -0.630. The van der Waals surface area contributed by atoms with E-state index in [1.165, 1.54) is 7.11 Å². The van der Waals surface area contributed by atoms with Gasteiger partial charge in [-0.3, -0.25) is 4.79 Å². The number of amides is 1. The zero-order valence-electron chi connectivity index (χ0n) is 11.2. The molecule has 0 saturated carbocycles. The minimum atomic E-state index is -0.639. The number of aliphatic hydroxyl groups is 1. The molecule has 0 aliphatic rings. The van der Waals surface area contributed by atoms with Gasteiger partial charge in [0.25, 0.3) is 0 Å². The summed E-state index contributed by atoms with van der Waals surface area (Å²) in [6.07, 6.45) is -0.187. The average molecular weight is 304 g/mol. The number of ether oxygens (including phenoxy) is 1. The summed E-state index contributed by atoms with van der Waals surface area (Å²) in [5.41, 5.74) is 1.07. The molecule has 1 unspecified atom stereocenters. The van der Waals surface area contributed by atoms with Crippen molar-refractivity contribution in [3.8, 4) is 0 Å². The molecular weight excluding hydrogens is 284 g/mol. The minimum absolute atomic E-state index is 0.0443. The molecule has 0 saturated heterocycles. The second-order valence-corrected chi connectivity index (χ2v) is 6.24. The zero-order chi connectivity index (χ0) is 14.1. The summed E-state index contributed by atoms with van der Waals surface area (Å²) in [7, 11) is 1.52. The average Bonchev–Trinajstić information content (AvgIpc) is 2.78. The highest BCUT2D eigenvalue weighted by Gasteiger charge is 2.06. The normalized spacial score (nSPS) is 12.4. The summed E-state index contributed by atoms with van der Waals surface area (Å²) in [6, 6.07) is 0. The Kier molecular flexibility index (Phi) is 8.04. The quantitative estimate of drug-likeness (QED) is 0.671. The molecule has 2 N–H and O–H groups in total. The second-order valence-electron chi connectivity index (χ2n) is 4.07. The molecule has 1 atom stereocenters. The Morgan fingerprint density at radius 2 is 2.47 bits per heavy atom. The van der Waals surface area contributed by atoms with Crippen LogP contribution in [-0.2, 0) is 15.3 Å². The van der Waals surface area contributed by atoms with E-state index in [4.69, 9.17) is 4.74 Å². The van der Waals surface area contributed by atoms with E-state index in [1.54, 1.807) is 23.1 Å². The van der Waals surface area contributed by atoms with Crippen LogP contribution in [0.2, 0.25) is 0 Å². The molecule has 5 nitrogen and oxygen atoms in total. The van der Waals surface area contributed by atoms with E-state index in [9.17, 15) is 9.90 Å². The van der Waals surface area contributed by atoms with Crippen LogP contribution in [0.4, 0.5) is 0 Å². The van der Waals surface area contributed by atoms with Crippen LogP contribution in [0.25, 0.3) is 0 Å². The summed E-state index contributed by atoms with van der Waals surface area (Å²) in [5, 5.41) is 15.2. The topological polar surface area (TPSA) is 71.5 Å². The Morgan fingerprint density at radius 3 is 3.11 bits per heavy atom. The van der Waals surface area contributed by atoms with Crippen LogP contribution >= 0.6 is 23.1 Å². The number of thiazole rings is 1. The number of hydrogen-bond acceptors (Lipinski definition) is 6. The zero-order valence-corrected chi connectivity index (χ0v) is 12.9. The molecule has 1 rings (SSSR count). The van der Waals surface area contributed by atoms with E-state index in [2.05, 4.69) is 10.3 Å². The van der Waals surface area contributed by atoms with Gasteiger partial charge in [-0.05, 0) is 6.92 Å². The van der Waals surface area contributed by atoms with Crippen molar-refractivity contribution in [2.24, 2.45) is 0 Å². The van der Waals surface area contributed by atoms with Crippen LogP contribution in [0, 0.1) is 6.92 Å². The number of aliphatic hydroxyl groups excluding tert-OH is 1. The van der Waals surface area contributed by atoms with Crippen LogP contribution in [0.5, 0.6) is 0 Å². The van der Waals surface area contributed by atoms with Crippen LogP contribution in [-0.4, -0.2) is 48.1 Å². The first kappa shape index (κ1) is 16.4. The third-order valence-corrected chi connectivity index (χ3v) is 4.10. The predicted molar refractivity (Wildman–Crippen MR) is 78.5 cm³/mol. The molecule has 0 fully saturated rings. The molecule has 0 spiro atoms. The first-order valence-corrected chi connectivity index (χ1v) is 8.07. The maximum atomic E-state index is 11.5. The monoisotopic (exact) mass is 304 g/mol. The van der Waals surface area contributed by atoms with Gasteiger partial charge in [-0.1, -0.05) is 0 Å². The van der Waals surface area contributed by atoms with E-state index in [1.807, 2.05) is 12.3 Å². The number of nitrogens with one attached hydrogen (secondary N) is 1. The fourth-order valence-corrected chi connectivity index (χ4v) is 2.94. The SMILES string of the molecule is COCC(O)CNC(=O)CCSCc1csc(C)n1. The summed E-state index contributed by atoms with van der Waals surface area (Å²) in [6.45, 7) is 2.46. The predicted octanol–water partition coefficient (Wildman–Crippen LogP) is 1.20. The maximum absolute atomic E-state index is 11.5. The highest BCUT2D eigenvalue weighted by molar-refractivity contribution is 7.98. The lowest BCUT2D eigenvalue weighted by molar-refractivity contribution is -0.121. The van der Waals surface area contributed by atoms with Gasteiger partial charge in [0.05, 0.1) is 23.4 Å². The van der Waals surface area contributed by atoms with Gasteiger partial charge in [0.1, 0.15) is 0 Å². The molecule has 7 heteroatoms. The highest BCUT2D eigenvalue weighted by atomic mass is 32.2. The van der Waals surface area contributed by atoms with Crippen LogP contribution in [0.15, 0.2) is 5.38 Å². The third kappa shape index (κ3) is 7.51. The van der Waals surface area contributed by atoms with E-state index in [0.717, 1.165) is 22.2 Å². The lowest BCUT2D eigenvalue weighted by Gasteiger charge is -2.10. The molecule has 0 aromatic carbocycles. The maximum Gasteiger partial charge on any atom is 0.220 e. The molecule has 1 aromatic rings. The summed E-state index contributed by atoms with van der Waals surface area (Å²) in [4.78, 5) is 15.8. The van der Waals surface area contributed by atoms with Crippen molar-refractivity contribution in [1.82, 2.24) is 10.3 Å². The number of nitrogens with zero attached hydrogens (tertiary/aromatic N) is 1. The summed E-state index contributed by atoms with van der Waals surface area (Å²) >= 11 is 3.33. The number of methoxy groups -OCH3 is 1. The number of aryl methyl sites for hydroxylation is 1.